The molecule has 18 heavy (non-hydrogen) atoms. The predicted molar refractivity (Wildman–Crippen MR) is 68.4 cm³/mol. The van der Waals surface area contributed by atoms with Crippen molar-refractivity contribution in [2.75, 3.05) is 19.7 Å². The molecule has 1 unspecified atom stereocenters. The zero-order valence-corrected chi connectivity index (χ0v) is 11.2. The van der Waals surface area contributed by atoms with Crippen molar-refractivity contribution in [2.45, 2.75) is 32.6 Å². The SMILES string of the molecule is CC(C)(C)c1cc(C(=O)N2CCC(CO)C2)n[nH]1. The number of aromatic nitrogens is 2. The molecule has 5 heteroatoms. The Kier molecular flexibility index (Phi) is 3.43. The van der Waals surface area contributed by atoms with Gasteiger partial charge >= 0.3 is 0 Å². The highest BCUT2D eigenvalue weighted by Crippen LogP contribution is 2.22. The van der Waals surface area contributed by atoms with Crippen LogP contribution in [-0.2, 0) is 5.41 Å². The van der Waals surface area contributed by atoms with Gasteiger partial charge in [0.05, 0.1) is 0 Å². The van der Waals surface area contributed by atoms with Crippen LogP contribution in [0.25, 0.3) is 0 Å². The van der Waals surface area contributed by atoms with Crippen molar-refractivity contribution in [3.05, 3.63) is 17.5 Å². The first-order valence-corrected chi connectivity index (χ1v) is 6.38. The highest BCUT2D eigenvalue weighted by Gasteiger charge is 2.28. The first kappa shape index (κ1) is 13.1. The van der Waals surface area contributed by atoms with Crippen LogP contribution in [-0.4, -0.2) is 45.8 Å². The van der Waals surface area contributed by atoms with E-state index in [1.54, 1.807) is 4.90 Å². The molecule has 0 aliphatic carbocycles. The van der Waals surface area contributed by atoms with Crippen LogP contribution < -0.4 is 0 Å². The molecular formula is C13H21N3O2. The molecule has 1 aromatic heterocycles. The number of rotatable bonds is 2. The third kappa shape index (κ3) is 2.56. The molecule has 1 aliphatic heterocycles. The number of amides is 1. The number of nitrogens with zero attached hydrogens (tertiary/aromatic N) is 2. The summed E-state index contributed by atoms with van der Waals surface area (Å²) >= 11 is 0. The standard InChI is InChI=1S/C13H21N3O2/c1-13(2,3)11-6-10(14-15-11)12(18)16-5-4-9(7-16)8-17/h6,9,17H,4-5,7-8H2,1-3H3,(H,14,15). The third-order valence-electron chi connectivity index (χ3n) is 3.44. The van der Waals surface area contributed by atoms with Gasteiger partial charge in [-0.25, -0.2) is 0 Å². The van der Waals surface area contributed by atoms with Crippen molar-refractivity contribution in [1.29, 1.82) is 0 Å². The highest BCUT2D eigenvalue weighted by atomic mass is 16.3. The summed E-state index contributed by atoms with van der Waals surface area (Å²) in [7, 11) is 0. The van der Waals surface area contributed by atoms with Gasteiger partial charge in [0.15, 0.2) is 0 Å². The van der Waals surface area contributed by atoms with Gasteiger partial charge in [-0.2, -0.15) is 5.10 Å². The Morgan fingerprint density at radius 1 is 1.61 bits per heavy atom. The second kappa shape index (κ2) is 4.72. The number of hydrogen-bond donors (Lipinski definition) is 2. The van der Waals surface area contributed by atoms with Gasteiger partial charge in [-0.1, -0.05) is 20.8 Å². The van der Waals surface area contributed by atoms with Gasteiger partial charge in [0, 0.05) is 36.7 Å². The number of likely N-dealkylation sites (tertiary alicyclic amines) is 1. The molecule has 0 saturated carbocycles. The van der Waals surface area contributed by atoms with Gasteiger partial charge in [-0.15, -0.1) is 0 Å². The summed E-state index contributed by atoms with van der Waals surface area (Å²) in [5, 5.41) is 16.1. The lowest BCUT2D eigenvalue weighted by atomic mass is 9.92. The smallest absolute Gasteiger partial charge is 0.274 e. The van der Waals surface area contributed by atoms with E-state index in [4.69, 9.17) is 5.11 Å². The molecule has 0 aromatic carbocycles. The van der Waals surface area contributed by atoms with E-state index in [0.29, 0.717) is 18.8 Å². The Balaban J connectivity index is 2.08. The molecule has 2 N–H and O–H groups in total. The minimum Gasteiger partial charge on any atom is -0.396 e. The largest absolute Gasteiger partial charge is 0.396 e. The Hall–Kier alpha value is -1.36. The molecule has 1 aromatic rings. The Labute approximate surface area is 107 Å². The molecule has 0 spiro atoms. The molecular weight excluding hydrogens is 230 g/mol. The number of aliphatic hydroxyl groups excluding tert-OH is 1. The van der Waals surface area contributed by atoms with Crippen molar-refractivity contribution in [3.63, 3.8) is 0 Å². The molecule has 1 fully saturated rings. The number of aromatic amines is 1. The molecule has 2 heterocycles. The van der Waals surface area contributed by atoms with E-state index in [1.807, 2.05) is 6.07 Å². The van der Waals surface area contributed by atoms with Gasteiger partial charge in [0.25, 0.3) is 5.91 Å². The second-order valence-corrected chi connectivity index (χ2v) is 6.01. The first-order valence-electron chi connectivity index (χ1n) is 6.38. The van der Waals surface area contributed by atoms with Crippen molar-refractivity contribution in [2.24, 2.45) is 5.92 Å². The molecule has 1 amide bonds. The molecule has 5 nitrogen and oxygen atoms in total. The predicted octanol–water partition coefficient (Wildman–Crippen LogP) is 1.16. The summed E-state index contributed by atoms with van der Waals surface area (Å²) in [5.41, 5.74) is 1.40. The van der Waals surface area contributed by atoms with E-state index in [0.717, 1.165) is 12.1 Å². The summed E-state index contributed by atoms with van der Waals surface area (Å²) in [6.07, 6.45) is 0.874. The number of hydrogen-bond acceptors (Lipinski definition) is 3. The maximum absolute atomic E-state index is 12.2. The van der Waals surface area contributed by atoms with Crippen LogP contribution in [0.2, 0.25) is 0 Å². The van der Waals surface area contributed by atoms with Gasteiger partial charge < -0.3 is 10.0 Å². The third-order valence-corrected chi connectivity index (χ3v) is 3.44. The van der Waals surface area contributed by atoms with E-state index in [9.17, 15) is 4.79 Å². The maximum atomic E-state index is 12.2. The van der Waals surface area contributed by atoms with E-state index in [2.05, 4.69) is 31.0 Å². The molecule has 1 atom stereocenters. The van der Waals surface area contributed by atoms with Crippen molar-refractivity contribution in [1.82, 2.24) is 15.1 Å². The highest BCUT2D eigenvalue weighted by molar-refractivity contribution is 5.92. The van der Waals surface area contributed by atoms with E-state index >= 15 is 0 Å². The van der Waals surface area contributed by atoms with Crippen molar-refractivity contribution in [3.8, 4) is 0 Å². The minimum atomic E-state index is -0.0438. The summed E-state index contributed by atoms with van der Waals surface area (Å²) in [6.45, 7) is 7.72. The zero-order valence-electron chi connectivity index (χ0n) is 11.2. The van der Waals surface area contributed by atoms with Crippen LogP contribution in [0.3, 0.4) is 0 Å². The van der Waals surface area contributed by atoms with Crippen LogP contribution in [0.5, 0.6) is 0 Å². The fourth-order valence-corrected chi connectivity index (χ4v) is 2.14. The Morgan fingerprint density at radius 2 is 2.33 bits per heavy atom. The number of nitrogens with one attached hydrogen (secondary N) is 1. The quantitative estimate of drug-likeness (QED) is 0.828. The summed E-state index contributed by atoms with van der Waals surface area (Å²) in [6, 6.07) is 1.83. The number of aliphatic hydroxyl groups is 1. The Morgan fingerprint density at radius 3 is 2.83 bits per heavy atom. The number of H-pyrrole nitrogens is 1. The monoisotopic (exact) mass is 251 g/mol. The van der Waals surface area contributed by atoms with Gasteiger partial charge in [-0.3, -0.25) is 9.89 Å². The van der Waals surface area contributed by atoms with Crippen LogP contribution in [0, 0.1) is 5.92 Å². The lowest BCUT2D eigenvalue weighted by Gasteiger charge is -2.15. The lowest BCUT2D eigenvalue weighted by Crippen LogP contribution is -2.29. The van der Waals surface area contributed by atoms with Crippen molar-refractivity contribution >= 4 is 5.91 Å². The Bertz CT molecular complexity index is 434. The van der Waals surface area contributed by atoms with E-state index in [1.165, 1.54) is 0 Å². The van der Waals surface area contributed by atoms with E-state index in [-0.39, 0.29) is 23.8 Å². The first-order chi connectivity index (χ1) is 8.41. The molecule has 0 radical (unpaired) electrons. The summed E-state index contributed by atoms with van der Waals surface area (Å²) in [5.74, 6) is 0.174. The van der Waals surface area contributed by atoms with Crippen LogP contribution in [0.15, 0.2) is 6.07 Å². The topological polar surface area (TPSA) is 69.2 Å². The van der Waals surface area contributed by atoms with Crippen LogP contribution in [0.4, 0.5) is 0 Å². The fraction of sp³-hybridized carbons (Fsp3) is 0.692. The minimum absolute atomic E-state index is 0.0375. The van der Waals surface area contributed by atoms with Gasteiger partial charge in [0.2, 0.25) is 0 Å². The van der Waals surface area contributed by atoms with Crippen LogP contribution >= 0.6 is 0 Å². The lowest BCUT2D eigenvalue weighted by molar-refractivity contribution is 0.0776. The zero-order chi connectivity index (χ0) is 13.3. The number of carbonyl (C=O) groups is 1. The molecule has 0 bridgehead atoms. The summed E-state index contributed by atoms with van der Waals surface area (Å²) < 4.78 is 0. The molecule has 100 valence electrons. The molecule has 2 rings (SSSR count). The van der Waals surface area contributed by atoms with Gasteiger partial charge in [-0.05, 0) is 12.5 Å². The van der Waals surface area contributed by atoms with E-state index < -0.39 is 0 Å². The fourth-order valence-electron chi connectivity index (χ4n) is 2.14. The average molecular weight is 251 g/mol. The van der Waals surface area contributed by atoms with Crippen LogP contribution in [0.1, 0.15) is 43.4 Å². The van der Waals surface area contributed by atoms with Crippen molar-refractivity contribution < 1.29 is 9.90 Å². The molecule has 1 saturated heterocycles. The van der Waals surface area contributed by atoms with Gasteiger partial charge in [0.1, 0.15) is 5.69 Å². The second-order valence-electron chi connectivity index (χ2n) is 6.01. The maximum Gasteiger partial charge on any atom is 0.274 e. The normalized spacial score (nSPS) is 20.4. The number of carbonyl (C=O) groups excluding carboxylic acids is 1. The molecule has 1 aliphatic rings. The average Bonchev–Trinajstić information content (AvgIpc) is 2.96. The summed E-state index contributed by atoms with van der Waals surface area (Å²) in [4.78, 5) is 14.0.